The average Bonchev–Trinajstić information content (AvgIpc) is 2.74. The van der Waals surface area contributed by atoms with Crippen LogP contribution >= 0.6 is 0 Å². The summed E-state index contributed by atoms with van der Waals surface area (Å²) in [5, 5.41) is 2.69. The minimum absolute atomic E-state index is 0.0104. The number of nitrogens with zero attached hydrogens (tertiary/aromatic N) is 2. The second-order valence-corrected chi connectivity index (χ2v) is 8.26. The van der Waals surface area contributed by atoms with Crippen molar-refractivity contribution in [1.29, 1.82) is 0 Å². The maximum atomic E-state index is 12.5. The third-order valence-corrected chi connectivity index (χ3v) is 5.52. The molecular formula is C21H22N4O5S. The fourth-order valence-electron chi connectivity index (χ4n) is 2.57. The van der Waals surface area contributed by atoms with Gasteiger partial charge in [-0.3, -0.25) is 4.79 Å². The van der Waals surface area contributed by atoms with Gasteiger partial charge in [0.2, 0.25) is 5.95 Å². The summed E-state index contributed by atoms with van der Waals surface area (Å²) in [7, 11) is -2.32. The molecule has 0 saturated carbocycles. The van der Waals surface area contributed by atoms with Crippen LogP contribution in [-0.2, 0) is 14.8 Å². The van der Waals surface area contributed by atoms with Crippen molar-refractivity contribution in [2.24, 2.45) is 0 Å². The number of ether oxygens (including phenoxy) is 2. The normalized spacial score (nSPS) is 12.0. The summed E-state index contributed by atoms with van der Waals surface area (Å²) in [5.74, 6) is 0.713. The van der Waals surface area contributed by atoms with Crippen LogP contribution in [-0.4, -0.2) is 37.5 Å². The fraction of sp³-hybridized carbons (Fsp3) is 0.190. The van der Waals surface area contributed by atoms with Crippen molar-refractivity contribution < 1.29 is 22.7 Å². The predicted molar refractivity (Wildman–Crippen MR) is 116 cm³/mol. The van der Waals surface area contributed by atoms with Crippen LogP contribution in [0.1, 0.15) is 12.6 Å². The van der Waals surface area contributed by atoms with Gasteiger partial charge in [-0.05, 0) is 56.3 Å². The number of methoxy groups -OCH3 is 1. The van der Waals surface area contributed by atoms with Crippen LogP contribution in [0.4, 0.5) is 11.6 Å². The number of carbonyl (C=O) groups is 1. The second-order valence-electron chi connectivity index (χ2n) is 6.58. The van der Waals surface area contributed by atoms with E-state index in [0.29, 0.717) is 22.9 Å². The Hall–Kier alpha value is -3.66. The van der Waals surface area contributed by atoms with Crippen molar-refractivity contribution >= 4 is 27.6 Å². The predicted octanol–water partition coefficient (Wildman–Crippen LogP) is 3.00. The zero-order chi connectivity index (χ0) is 22.4. The smallest absolute Gasteiger partial charge is 0.265 e. The molecule has 9 nitrogen and oxygen atoms in total. The topological polar surface area (TPSA) is 120 Å². The van der Waals surface area contributed by atoms with E-state index in [0.717, 1.165) is 0 Å². The number of anilines is 2. The summed E-state index contributed by atoms with van der Waals surface area (Å²) < 4.78 is 38.1. The molecule has 1 heterocycles. The SMILES string of the molecule is COc1cccc(O[C@@H](C)C(=O)Nc2ccc(S(=O)(=O)Nc3nccc(C)n3)cc2)c1. The number of benzene rings is 2. The molecule has 3 aromatic rings. The van der Waals surface area contributed by atoms with Crippen LogP contribution in [0.5, 0.6) is 11.5 Å². The molecule has 2 aromatic carbocycles. The average molecular weight is 442 g/mol. The van der Waals surface area contributed by atoms with E-state index >= 15 is 0 Å². The number of aryl methyl sites for hydroxylation is 1. The summed E-state index contributed by atoms with van der Waals surface area (Å²) in [4.78, 5) is 20.3. The molecule has 31 heavy (non-hydrogen) atoms. The van der Waals surface area contributed by atoms with Gasteiger partial charge in [-0.25, -0.2) is 23.1 Å². The first kappa shape index (κ1) is 22.0. The van der Waals surface area contributed by atoms with E-state index in [1.165, 1.54) is 30.5 Å². The van der Waals surface area contributed by atoms with E-state index in [1.807, 2.05) is 0 Å². The van der Waals surface area contributed by atoms with Crippen LogP contribution in [0.2, 0.25) is 0 Å². The maximum absolute atomic E-state index is 12.5. The van der Waals surface area contributed by atoms with Crippen molar-refractivity contribution in [2.45, 2.75) is 24.8 Å². The van der Waals surface area contributed by atoms with Gasteiger partial charge in [0.05, 0.1) is 12.0 Å². The number of sulfonamides is 1. The number of aromatic nitrogens is 2. The third-order valence-electron chi connectivity index (χ3n) is 4.18. The molecule has 0 bridgehead atoms. The molecule has 162 valence electrons. The van der Waals surface area contributed by atoms with E-state index in [4.69, 9.17) is 9.47 Å². The van der Waals surface area contributed by atoms with Gasteiger partial charge in [0.1, 0.15) is 11.5 Å². The lowest BCUT2D eigenvalue weighted by molar-refractivity contribution is -0.122. The van der Waals surface area contributed by atoms with Crippen LogP contribution < -0.4 is 19.5 Å². The summed E-state index contributed by atoms with van der Waals surface area (Å²) in [6.45, 7) is 3.34. The van der Waals surface area contributed by atoms with Crippen molar-refractivity contribution in [1.82, 2.24) is 9.97 Å². The lowest BCUT2D eigenvalue weighted by Gasteiger charge is -2.15. The number of hydrogen-bond donors (Lipinski definition) is 2. The van der Waals surface area contributed by atoms with Crippen LogP contribution in [0, 0.1) is 6.92 Å². The van der Waals surface area contributed by atoms with E-state index in [9.17, 15) is 13.2 Å². The number of nitrogens with one attached hydrogen (secondary N) is 2. The molecule has 1 amide bonds. The van der Waals surface area contributed by atoms with E-state index in [2.05, 4.69) is 20.0 Å². The van der Waals surface area contributed by atoms with E-state index in [1.54, 1.807) is 51.3 Å². The van der Waals surface area contributed by atoms with Crippen molar-refractivity contribution in [3.8, 4) is 11.5 Å². The Morgan fingerprint density at radius 1 is 1.06 bits per heavy atom. The third kappa shape index (κ3) is 5.92. The molecular weight excluding hydrogens is 420 g/mol. The molecule has 0 aliphatic carbocycles. The first-order valence-corrected chi connectivity index (χ1v) is 10.8. The van der Waals surface area contributed by atoms with Crippen molar-refractivity contribution in [2.75, 3.05) is 17.1 Å². The standard InChI is InChI=1S/C21H22N4O5S/c1-14-11-12-22-21(23-14)25-31(27,28)19-9-7-16(8-10-19)24-20(26)15(2)30-18-6-4-5-17(13-18)29-3/h4-13,15H,1-3H3,(H,24,26)(H,22,23,25)/t15-/m0/s1. The molecule has 0 saturated heterocycles. The Bertz CT molecular complexity index is 1170. The zero-order valence-electron chi connectivity index (χ0n) is 17.2. The Labute approximate surface area is 180 Å². The molecule has 0 spiro atoms. The van der Waals surface area contributed by atoms with Crippen LogP contribution in [0.25, 0.3) is 0 Å². The Kier molecular flexibility index (Phi) is 6.71. The van der Waals surface area contributed by atoms with Gasteiger partial charge in [0.15, 0.2) is 6.10 Å². The van der Waals surface area contributed by atoms with Gasteiger partial charge < -0.3 is 14.8 Å². The first-order valence-electron chi connectivity index (χ1n) is 9.31. The number of hydrogen-bond acceptors (Lipinski definition) is 7. The van der Waals surface area contributed by atoms with Crippen LogP contribution in [0.15, 0.2) is 65.7 Å². The van der Waals surface area contributed by atoms with Gasteiger partial charge in [-0.15, -0.1) is 0 Å². The van der Waals surface area contributed by atoms with Gasteiger partial charge in [-0.1, -0.05) is 6.07 Å². The number of amides is 1. The molecule has 0 aliphatic rings. The molecule has 0 fully saturated rings. The second kappa shape index (κ2) is 9.43. The maximum Gasteiger partial charge on any atom is 0.265 e. The highest BCUT2D eigenvalue weighted by atomic mass is 32.2. The molecule has 0 aliphatic heterocycles. The molecule has 2 N–H and O–H groups in total. The minimum atomic E-state index is -3.86. The van der Waals surface area contributed by atoms with Gasteiger partial charge in [0, 0.05) is 23.6 Å². The fourth-order valence-corrected chi connectivity index (χ4v) is 3.52. The Morgan fingerprint density at radius 2 is 1.77 bits per heavy atom. The van der Waals surface area contributed by atoms with Gasteiger partial charge in [-0.2, -0.15) is 0 Å². The number of carbonyl (C=O) groups excluding carboxylic acids is 1. The summed E-state index contributed by atoms with van der Waals surface area (Å²) >= 11 is 0. The quantitative estimate of drug-likeness (QED) is 0.550. The molecule has 3 rings (SSSR count). The monoisotopic (exact) mass is 442 g/mol. The molecule has 0 unspecified atom stereocenters. The van der Waals surface area contributed by atoms with Crippen LogP contribution in [0.3, 0.4) is 0 Å². The highest BCUT2D eigenvalue weighted by molar-refractivity contribution is 7.92. The summed E-state index contributed by atoms with van der Waals surface area (Å²) in [6.07, 6.45) is 0.684. The minimum Gasteiger partial charge on any atom is -0.497 e. The van der Waals surface area contributed by atoms with E-state index < -0.39 is 16.1 Å². The molecule has 1 aromatic heterocycles. The highest BCUT2D eigenvalue weighted by Crippen LogP contribution is 2.21. The molecule has 0 radical (unpaired) electrons. The van der Waals surface area contributed by atoms with Gasteiger partial charge in [0.25, 0.3) is 15.9 Å². The Morgan fingerprint density at radius 3 is 2.45 bits per heavy atom. The molecule has 10 heteroatoms. The lowest BCUT2D eigenvalue weighted by Crippen LogP contribution is -2.30. The Balaban J connectivity index is 1.63. The van der Waals surface area contributed by atoms with E-state index in [-0.39, 0.29) is 16.8 Å². The van der Waals surface area contributed by atoms with Gasteiger partial charge >= 0.3 is 0 Å². The van der Waals surface area contributed by atoms with Crippen molar-refractivity contribution in [3.63, 3.8) is 0 Å². The largest absolute Gasteiger partial charge is 0.497 e. The number of rotatable bonds is 8. The van der Waals surface area contributed by atoms with Crippen molar-refractivity contribution in [3.05, 3.63) is 66.5 Å². The summed E-state index contributed by atoms with van der Waals surface area (Å²) in [6, 6.07) is 14.3. The first-order chi connectivity index (χ1) is 14.8. The highest BCUT2D eigenvalue weighted by Gasteiger charge is 2.18. The zero-order valence-corrected chi connectivity index (χ0v) is 18.0. The molecule has 1 atom stereocenters. The lowest BCUT2D eigenvalue weighted by atomic mass is 10.3. The summed E-state index contributed by atoms with van der Waals surface area (Å²) in [5.41, 5.74) is 1.06.